The largest absolute Gasteiger partial charge is 0.213 e. The Kier molecular flexibility index (Phi) is 4.48. The first-order valence-corrected chi connectivity index (χ1v) is 10.2. The van der Waals surface area contributed by atoms with Gasteiger partial charge in [0.15, 0.2) is 5.82 Å². The lowest BCUT2D eigenvalue weighted by Gasteiger charge is -2.20. The average Bonchev–Trinajstić information content (AvgIpc) is 3.23. The summed E-state index contributed by atoms with van der Waals surface area (Å²) in [5.74, 6) is 1.48. The molecule has 3 aromatic rings. The topological polar surface area (TPSA) is 43.1 Å². The zero-order chi connectivity index (χ0) is 17.4. The summed E-state index contributed by atoms with van der Waals surface area (Å²) in [6, 6.07) is 12.9. The zero-order valence-corrected chi connectivity index (χ0v) is 16.1. The Morgan fingerprint density at radius 3 is 2.60 bits per heavy atom. The third-order valence-corrected chi connectivity index (χ3v) is 6.03. The summed E-state index contributed by atoms with van der Waals surface area (Å²) in [6.45, 7) is 6.67. The van der Waals surface area contributed by atoms with Crippen molar-refractivity contribution >= 4 is 28.8 Å². The lowest BCUT2D eigenvalue weighted by molar-refractivity contribution is 0.647. The van der Waals surface area contributed by atoms with Gasteiger partial charge in [-0.05, 0) is 41.8 Å². The van der Waals surface area contributed by atoms with Gasteiger partial charge in [0.25, 0.3) is 0 Å². The molecule has 128 valence electrons. The molecule has 0 fully saturated rings. The Hall–Kier alpha value is -1.92. The number of hydrogen-bond acceptors (Lipinski definition) is 5. The molecule has 0 amide bonds. The van der Waals surface area contributed by atoms with Crippen LogP contribution in [0.25, 0.3) is 10.7 Å². The van der Waals surface area contributed by atoms with E-state index in [-0.39, 0.29) is 5.25 Å². The third-order valence-electron chi connectivity index (χ3n) is 4.12. The van der Waals surface area contributed by atoms with Crippen LogP contribution in [-0.2, 0) is 6.42 Å². The lowest BCUT2D eigenvalue weighted by Crippen LogP contribution is -2.21. The van der Waals surface area contributed by atoms with Crippen LogP contribution in [0.3, 0.4) is 0 Å². The van der Waals surface area contributed by atoms with Gasteiger partial charge in [0.1, 0.15) is 0 Å². The van der Waals surface area contributed by atoms with Crippen LogP contribution in [0.5, 0.6) is 0 Å². The van der Waals surface area contributed by atoms with E-state index in [2.05, 4.69) is 61.3 Å². The van der Waals surface area contributed by atoms with Gasteiger partial charge in [0.2, 0.25) is 5.16 Å². The minimum absolute atomic E-state index is 0.254. The van der Waals surface area contributed by atoms with Crippen molar-refractivity contribution in [1.82, 2.24) is 14.9 Å². The predicted molar refractivity (Wildman–Crippen MR) is 106 cm³/mol. The minimum Gasteiger partial charge on any atom is -0.186 e. The zero-order valence-electron chi connectivity index (χ0n) is 14.5. The molecule has 0 N–H and O–H groups in total. The highest BCUT2D eigenvalue weighted by molar-refractivity contribution is 8.00. The van der Waals surface area contributed by atoms with Gasteiger partial charge in [-0.25, -0.2) is 0 Å². The van der Waals surface area contributed by atoms with Crippen molar-refractivity contribution in [2.75, 3.05) is 0 Å². The van der Waals surface area contributed by atoms with Crippen LogP contribution in [-0.4, -0.2) is 25.8 Å². The van der Waals surface area contributed by atoms with E-state index in [9.17, 15) is 0 Å². The Morgan fingerprint density at radius 2 is 1.92 bits per heavy atom. The lowest BCUT2D eigenvalue weighted by atomic mass is 10.00. The Morgan fingerprint density at radius 1 is 1.12 bits per heavy atom. The van der Waals surface area contributed by atoms with Crippen LogP contribution in [0.1, 0.15) is 31.9 Å². The van der Waals surface area contributed by atoms with Crippen molar-refractivity contribution in [2.45, 2.75) is 37.6 Å². The quantitative estimate of drug-likeness (QED) is 0.654. The number of thioether (sulfide) groups is 1. The smallest absolute Gasteiger partial charge is 0.186 e. The van der Waals surface area contributed by atoms with Crippen LogP contribution in [0.15, 0.2) is 52.0 Å². The number of aromatic nitrogens is 3. The number of nitrogens with zero attached hydrogens (tertiary/aromatic N) is 4. The normalized spacial score (nSPS) is 16.8. The number of fused-ring (bicyclic) bond motifs is 1. The van der Waals surface area contributed by atoms with Crippen LogP contribution in [0, 0.1) is 5.92 Å². The molecule has 0 spiro atoms. The maximum absolute atomic E-state index is 4.90. The van der Waals surface area contributed by atoms with Crippen LogP contribution < -0.4 is 0 Å². The van der Waals surface area contributed by atoms with Crippen molar-refractivity contribution in [3.05, 3.63) is 52.9 Å². The van der Waals surface area contributed by atoms with E-state index >= 15 is 0 Å². The summed E-state index contributed by atoms with van der Waals surface area (Å²) in [4.78, 5) is 1.09. The average molecular weight is 369 g/mol. The number of hydrogen-bond donors (Lipinski definition) is 0. The maximum atomic E-state index is 4.90. The highest BCUT2D eigenvalue weighted by atomic mass is 32.2. The Bertz CT molecular complexity index is 892. The van der Waals surface area contributed by atoms with E-state index in [0.29, 0.717) is 5.92 Å². The van der Waals surface area contributed by atoms with Gasteiger partial charge in [0, 0.05) is 0 Å². The SMILES string of the molecule is CC(C)Cc1ccc(C2=Nn3c(nnc3-c3cccs3)SC2C)cc1. The van der Waals surface area contributed by atoms with E-state index in [1.807, 2.05) is 16.1 Å². The molecule has 1 aliphatic heterocycles. The number of rotatable bonds is 4. The number of thiophene rings is 1. The molecule has 0 bridgehead atoms. The molecule has 3 heterocycles. The first-order chi connectivity index (χ1) is 12.1. The fourth-order valence-electron chi connectivity index (χ4n) is 2.97. The maximum Gasteiger partial charge on any atom is 0.213 e. The second-order valence-corrected chi connectivity index (χ2v) is 8.89. The van der Waals surface area contributed by atoms with Gasteiger partial charge in [-0.3, -0.25) is 0 Å². The van der Waals surface area contributed by atoms with Crippen molar-refractivity contribution < 1.29 is 0 Å². The summed E-state index contributed by atoms with van der Waals surface area (Å²) in [5, 5.41) is 16.7. The fraction of sp³-hybridized carbons (Fsp3) is 0.316. The summed E-state index contributed by atoms with van der Waals surface area (Å²) in [6.07, 6.45) is 1.11. The van der Waals surface area contributed by atoms with Crippen molar-refractivity contribution in [3.63, 3.8) is 0 Å². The first kappa shape index (κ1) is 16.5. The van der Waals surface area contributed by atoms with Crippen LogP contribution in [0.4, 0.5) is 0 Å². The molecule has 0 saturated heterocycles. The standard InChI is InChI=1S/C19H20N4S2/c1-12(2)11-14-6-8-15(9-7-14)17-13(3)25-19-21-20-18(23(19)22-17)16-5-4-10-24-16/h4-10,12-13H,11H2,1-3H3. The van der Waals surface area contributed by atoms with Crippen molar-refractivity contribution in [3.8, 4) is 10.7 Å². The molecule has 1 unspecified atom stereocenters. The Balaban J connectivity index is 1.71. The molecule has 1 aliphatic rings. The van der Waals surface area contributed by atoms with Crippen LogP contribution in [0.2, 0.25) is 0 Å². The third kappa shape index (κ3) is 3.28. The molecule has 4 nitrogen and oxygen atoms in total. The van der Waals surface area contributed by atoms with E-state index in [0.717, 1.165) is 28.0 Å². The summed E-state index contributed by atoms with van der Waals surface area (Å²) in [7, 11) is 0. The van der Waals surface area contributed by atoms with E-state index in [1.54, 1.807) is 23.1 Å². The molecular weight excluding hydrogens is 348 g/mol. The minimum atomic E-state index is 0.254. The fourth-order valence-corrected chi connectivity index (χ4v) is 4.59. The molecule has 25 heavy (non-hydrogen) atoms. The van der Waals surface area contributed by atoms with Gasteiger partial charge in [0.05, 0.1) is 15.8 Å². The summed E-state index contributed by atoms with van der Waals surface area (Å²) in [5.41, 5.74) is 3.62. The molecule has 4 rings (SSSR count). The second-order valence-electron chi connectivity index (χ2n) is 6.64. The van der Waals surface area contributed by atoms with Crippen molar-refractivity contribution in [2.24, 2.45) is 11.0 Å². The van der Waals surface area contributed by atoms with E-state index in [1.165, 1.54) is 11.1 Å². The summed E-state index contributed by atoms with van der Waals surface area (Å²) >= 11 is 3.37. The molecule has 0 aliphatic carbocycles. The second kappa shape index (κ2) is 6.77. The van der Waals surface area contributed by atoms with Gasteiger partial charge in [-0.1, -0.05) is 55.9 Å². The highest BCUT2D eigenvalue weighted by Crippen LogP contribution is 2.34. The van der Waals surface area contributed by atoms with E-state index in [4.69, 9.17) is 5.10 Å². The van der Waals surface area contributed by atoms with Gasteiger partial charge < -0.3 is 0 Å². The Labute approximate surface area is 156 Å². The number of benzene rings is 1. The van der Waals surface area contributed by atoms with Gasteiger partial charge >= 0.3 is 0 Å². The monoisotopic (exact) mass is 368 g/mol. The molecular formula is C19H20N4S2. The molecule has 0 radical (unpaired) electrons. The molecule has 1 aromatic carbocycles. The van der Waals surface area contributed by atoms with Crippen molar-refractivity contribution in [1.29, 1.82) is 0 Å². The first-order valence-electron chi connectivity index (χ1n) is 8.46. The van der Waals surface area contributed by atoms with Gasteiger partial charge in [-0.15, -0.1) is 21.5 Å². The van der Waals surface area contributed by atoms with E-state index < -0.39 is 0 Å². The molecule has 6 heteroatoms. The molecule has 1 atom stereocenters. The van der Waals surface area contributed by atoms with Gasteiger partial charge in [-0.2, -0.15) is 9.78 Å². The van der Waals surface area contributed by atoms with Crippen LogP contribution >= 0.6 is 23.1 Å². The molecule has 0 saturated carbocycles. The highest BCUT2D eigenvalue weighted by Gasteiger charge is 2.26. The summed E-state index contributed by atoms with van der Waals surface area (Å²) < 4.78 is 1.88. The predicted octanol–water partition coefficient (Wildman–Crippen LogP) is 4.95. The molecule has 2 aromatic heterocycles.